The van der Waals surface area contributed by atoms with E-state index in [9.17, 15) is 4.79 Å². The molecular formula is C15H21N3O. The zero-order valence-electron chi connectivity index (χ0n) is 11.1. The number of nitrogens with two attached hydrogens (primary N) is 1. The van der Waals surface area contributed by atoms with E-state index in [1.54, 1.807) is 12.4 Å². The molecule has 1 aromatic heterocycles. The third-order valence-corrected chi connectivity index (χ3v) is 3.66. The fourth-order valence-corrected chi connectivity index (χ4v) is 2.47. The Bertz CT molecular complexity index is 444. The predicted octanol–water partition coefficient (Wildman–Crippen LogP) is 1.77. The number of carbonyl (C=O) groups is 1. The van der Waals surface area contributed by atoms with Crippen LogP contribution in [0.2, 0.25) is 0 Å². The van der Waals surface area contributed by atoms with Crippen molar-refractivity contribution in [3.63, 3.8) is 0 Å². The molecule has 1 heterocycles. The molecular weight excluding hydrogens is 238 g/mol. The zero-order valence-corrected chi connectivity index (χ0v) is 11.1. The summed E-state index contributed by atoms with van der Waals surface area (Å²) in [5.74, 6) is 0.344. The summed E-state index contributed by atoms with van der Waals surface area (Å²) >= 11 is 0. The van der Waals surface area contributed by atoms with E-state index in [4.69, 9.17) is 5.73 Å². The summed E-state index contributed by atoms with van der Waals surface area (Å²) in [6, 6.07) is 3.89. The second-order valence-corrected chi connectivity index (χ2v) is 5.26. The first-order chi connectivity index (χ1) is 9.15. The summed E-state index contributed by atoms with van der Waals surface area (Å²) in [5.41, 5.74) is 8.29. The summed E-state index contributed by atoms with van der Waals surface area (Å²) in [6.45, 7) is 4.50. The monoisotopic (exact) mass is 259 g/mol. The van der Waals surface area contributed by atoms with E-state index in [2.05, 4.69) is 16.9 Å². The highest BCUT2D eigenvalue weighted by Gasteiger charge is 2.25. The highest BCUT2D eigenvalue weighted by atomic mass is 16.1. The van der Waals surface area contributed by atoms with Crippen molar-refractivity contribution >= 4 is 5.91 Å². The second kappa shape index (κ2) is 6.48. The number of rotatable bonds is 4. The fraction of sp³-hybridized carbons (Fsp3) is 0.467. The van der Waals surface area contributed by atoms with Crippen LogP contribution in [0.5, 0.6) is 0 Å². The van der Waals surface area contributed by atoms with Gasteiger partial charge in [0.05, 0.1) is 0 Å². The molecule has 2 rings (SSSR count). The van der Waals surface area contributed by atoms with Gasteiger partial charge in [-0.2, -0.15) is 0 Å². The minimum atomic E-state index is 0.0665. The maximum Gasteiger partial charge on any atom is 0.220 e. The number of hydrogen-bond acceptors (Lipinski definition) is 3. The molecule has 1 aromatic rings. The van der Waals surface area contributed by atoms with Crippen LogP contribution < -0.4 is 11.1 Å². The molecule has 1 fully saturated rings. The van der Waals surface area contributed by atoms with Crippen LogP contribution >= 0.6 is 0 Å². The molecule has 2 unspecified atom stereocenters. The van der Waals surface area contributed by atoms with Crippen molar-refractivity contribution in [2.45, 2.75) is 38.3 Å². The van der Waals surface area contributed by atoms with Crippen molar-refractivity contribution in [3.05, 3.63) is 42.2 Å². The molecule has 0 bridgehead atoms. The van der Waals surface area contributed by atoms with Crippen LogP contribution in [0.25, 0.3) is 0 Å². The number of amides is 1. The van der Waals surface area contributed by atoms with E-state index in [1.807, 2.05) is 12.1 Å². The summed E-state index contributed by atoms with van der Waals surface area (Å²) in [5, 5.41) is 2.92. The summed E-state index contributed by atoms with van der Waals surface area (Å²) in [7, 11) is 0. The maximum atomic E-state index is 11.9. The van der Waals surface area contributed by atoms with E-state index in [0.717, 1.165) is 24.8 Å². The molecule has 1 aliphatic carbocycles. The van der Waals surface area contributed by atoms with Gasteiger partial charge in [0, 0.05) is 31.4 Å². The van der Waals surface area contributed by atoms with Crippen molar-refractivity contribution in [1.82, 2.24) is 10.3 Å². The van der Waals surface area contributed by atoms with E-state index in [1.165, 1.54) is 5.57 Å². The number of pyridine rings is 1. The van der Waals surface area contributed by atoms with Crippen LogP contribution in [0.3, 0.4) is 0 Å². The first-order valence-electron chi connectivity index (χ1n) is 6.73. The highest BCUT2D eigenvalue weighted by Crippen LogP contribution is 2.28. The summed E-state index contributed by atoms with van der Waals surface area (Å²) in [4.78, 5) is 15.9. The SMILES string of the molecule is C=C1CCC(CC(=O)NCc2cccnc2)C(N)C1. The van der Waals surface area contributed by atoms with Gasteiger partial charge in [0.25, 0.3) is 0 Å². The largest absolute Gasteiger partial charge is 0.352 e. The third-order valence-electron chi connectivity index (χ3n) is 3.66. The first-order valence-corrected chi connectivity index (χ1v) is 6.73. The average Bonchev–Trinajstić information content (AvgIpc) is 2.41. The van der Waals surface area contributed by atoms with E-state index < -0.39 is 0 Å². The molecule has 4 nitrogen and oxygen atoms in total. The van der Waals surface area contributed by atoms with E-state index in [0.29, 0.717) is 13.0 Å². The van der Waals surface area contributed by atoms with Gasteiger partial charge in [-0.15, -0.1) is 0 Å². The zero-order chi connectivity index (χ0) is 13.7. The van der Waals surface area contributed by atoms with Crippen molar-refractivity contribution in [3.8, 4) is 0 Å². The molecule has 0 radical (unpaired) electrons. The van der Waals surface area contributed by atoms with E-state index >= 15 is 0 Å². The van der Waals surface area contributed by atoms with Crippen molar-refractivity contribution in [1.29, 1.82) is 0 Å². The van der Waals surface area contributed by atoms with Gasteiger partial charge in [0.2, 0.25) is 5.91 Å². The Morgan fingerprint density at radius 1 is 1.58 bits per heavy atom. The molecule has 1 amide bonds. The minimum absolute atomic E-state index is 0.0665. The number of nitrogens with one attached hydrogen (secondary N) is 1. The van der Waals surface area contributed by atoms with Crippen LogP contribution in [-0.4, -0.2) is 16.9 Å². The predicted molar refractivity (Wildman–Crippen MR) is 75.2 cm³/mol. The van der Waals surface area contributed by atoms with Gasteiger partial charge in [-0.3, -0.25) is 9.78 Å². The molecule has 3 N–H and O–H groups in total. The maximum absolute atomic E-state index is 11.9. The number of carbonyl (C=O) groups excluding carboxylic acids is 1. The van der Waals surface area contributed by atoms with Gasteiger partial charge in [0.15, 0.2) is 0 Å². The van der Waals surface area contributed by atoms with Crippen molar-refractivity contribution in [2.75, 3.05) is 0 Å². The summed E-state index contributed by atoms with van der Waals surface area (Å²) in [6.07, 6.45) is 6.81. The van der Waals surface area contributed by atoms with Gasteiger partial charge >= 0.3 is 0 Å². The van der Waals surface area contributed by atoms with Crippen molar-refractivity contribution in [2.24, 2.45) is 11.7 Å². The molecule has 0 saturated heterocycles. The van der Waals surface area contributed by atoms with Gasteiger partial charge in [-0.25, -0.2) is 0 Å². The van der Waals surface area contributed by atoms with Gasteiger partial charge < -0.3 is 11.1 Å². The Hall–Kier alpha value is -1.68. The standard InChI is InChI=1S/C15H21N3O/c1-11-4-5-13(14(16)7-11)8-15(19)18-10-12-3-2-6-17-9-12/h2-3,6,9,13-14H,1,4-5,7-8,10,16H2,(H,18,19). The molecule has 2 atom stereocenters. The molecule has 4 heteroatoms. The molecule has 19 heavy (non-hydrogen) atoms. The van der Waals surface area contributed by atoms with Crippen molar-refractivity contribution < 1.29 is 4.79 Å². The first kappa shape index (κ1) is 13.7. The lowest BCUT2D eigenvalue weighted by Gasteiger charge is -2.29. The average molecular weight is 259 g/mol. The number of aromatic nitrogens is 1. The Morgan fingerprint density at radius 2 is 2.42 bits per heavy atom. The van der Waals surface area contributed by atoms with Crippen LogP contribution in [0.4, 0.5) is 0 Å². The van der Waals surface area contributed by atoms with Crippen LogP contribution in [0.1, 0.15) is 31.2 Å². The van der Waals surface area contributed by atoms with Crippen LogP contribution in [0.15, 0.2) is 36.7 Å². The van der Waals surface area contributed by atoms with Gasteiger partial charge in [-0.1, -0.05) is 18.2 Å². The normalized spacial score (nSPS) is 23.1. The number of hydrogen-bond donors (Lipinski definition) is 2. The smallest absolute Gasteiger partial charge is 0.220 e. The topological polar surface area (TPSA) is 68.0 Å². The molecule has 0 spiro atoms. The summed E-state index contributed by atoms with van der Waals surface area (Å²) < 4.78 is 0. The Kier molecular flexibility index (Phi) is 4.68. The minimum Gasteiger partial charge on any atom is -0.352 e. The Balaban J connectivity index is 1.77. The Morgan fingerprint density at radius 3 is 3.11 bits per heavy atom. The Labute approximate surface area is 114 Å². The lowest BCUT2D eigenvalue weighted by atomic mass is 9.80. The quantitative estimate of drug-likeness (QED) is 0.810. The molecule has 1 aliphatic rings. The fourth-order valence-electron chi connectivity index (χ4n) is 2.47. The molecule has 0 aliphatic heterocycles. The molecule has 0 aromatic carbocycles. The molecule has 1 saturated carbocycles. The lowest BCUT2D eigenvalue weighted by molar-refractivity contribution is -0.122. The lowest BCUT2D eigenvalue weighted by Crippen LogP contribution is -2.37. The van der Waals surface area contributed by atoms with Crippen LogP contribution in [-0.2, 0) is 11.3 Å². The molecule has 102 valence electrons. The van der Waals surface area contributed by atoms with Gasteiger partial charge in [-0.05, 0) is 36.8 Å². The third kappa shape index (κ3) is 4.17. The van der Waals surface area contributed by atoms with Crippen LogP contribution in [0, 0.1) is 5.92 Å². The number of nitrogens with zero attached hydrogens (tertiary/aromatic N) is 1. The van der Waals surface area contributed by atoms with E-state index in [-0.39, 0.29) is 17.9 Å². The highest BCUT2D eigenvalue weighted by molar-refractivity contribution is 5.76. The van der Waals surface area contributed by atoms with Gasteiger partial charge in [0.1, 0.15) is 0 Å². The second-order valence-electron chi connectivity index (χ2n) is 5.26.